The number of rotatable bonds is 7. The molecule has 0 saturated carbocycles. The minimum absolute atomic E-state index is 0.0305. The second-order valence-corrected chi connectivity index (χ2v) is 8.22. The summed E-state index contributed by atoms with van der Waals surface area (Å²) in [6, 6.07) is 26.9. The van der Waals surface area contributed by atoms with Gasteiger partial charge in [0.1, 0.15) is 12.4 Å². The van der Waals surface area contributed by atoms with Gasteiger partial charge in [0.15, 0.2) is 0 Å². The van der Waals surface area contributed by atoms with E-state index in [1.54, 1.807) is 0 Å². The fourth-order valence-electron chi connectivity index (χ4n) is 4.43. The normalized spacial score (nSPS) is 16.0. The molecule has 0 bridgehead atoms. The van der Waals surface area contributed by atoms with E-state index in [2.05, 4.69) is 60.4 Å². The van der Waals surface area contributed by atoms with E-state index in [-0.39, 0.29) is 12.0 Å². The molecule has 160 valence electrons. The highest BCUT2D eigenvalue weighted by atomic mass is 16.5. The zero-order chi connectivity index (χ0) is 21.6. The molecule has 1 aliphatic rings. The second-order valence-electron chi connectivity index (χ2n) is 8.22. The summed E-state index contributed by atoms with van der Waals surface area (Å²) in [5.41, 5.74) is 4.73. The molecule has 1 N–H and O–H groups in total. The Kier molecular flexibility index (Phi) is 6.68. The summed E-state index contributed by atoms with van der Waals surface area (Å²) in [5, 5.41) is 9.43. The Balaban J connectivity index is 1.66. The van der Waals surface area contributed by atoms with Crippen molar-refractivity contribution in [1.82, 2.24) is 4.90 Å². The highest BCUT2D eigenvalue weighted by Crippen LogP contribution is 2.38. The van der Waals surface area contributed by atoms with E-state index in [0.717, 1.165) is 30.0 Å². The average molecular weight is 416 g/mol. The molecule has 4 rings (SSSR count). The largest absolute Gasteiger partial charge is 0.489 e. The number of aryl methyl sites for hydroxylation is 1. The maximum atomic E-state index is 11.5. The molecule has 0 radical (unpaired) electrons. The number of aliphatic carboxylic acids is 1. The maximum absolute atomic E-state index is 11.5. The number of likely N-dealkylation sites (tertiary alicyclic amines) is 1. The Morgan fingerprint density at radius 3 is 2.23 bits per heavy atom. The number of hydrogen-bond acceptors (Lipinski definition) is 3. The van der Waals surface area contributed by atoms with Gasteiger partial charge in [-0.15, -0.1) is 0 Å². The SMILES string of the molecule is Cc1ccccc1C(c1ccccc1OCc1ccccc1)N1CCC(C(=O)O)CC1. The average Bonchev–Trinajstić information content (AvgIpc) is 2.81. The Morgan fingerprint density at radius 2 is 1.55 bits per heavy atom. The number of para-hydroxylation sites is 1. The number of carboxylic acids is 1. The molecule has 4 nitrogen and oxygen atoms in total. The maximum Gasteiger partial charge on any atom is 0.306 e. The van der Waals surface area contributed by atoms with Crippen molar-refractivity contribution < 1.29 is 14.6 Å². The van der Waals surface area contributed by atoms with Gasteiger partial charge in [0.05, 0.1) is 12.0 Å². The molecule has 1 unspecified atom stereocenters. The van der Waals surface area contributed by atoms with Crippen LogP contribution in [-0.4, -0.2) is 29.1 Å². The van der Waals surface area contributed by atoms with Crippen molar-refractivity contribution in [1.29, 1.82) is 0 Å². The van der Waals surface area contributed by atoms with Gasteiger partial charge < -0.3 is 9.84 Å². The van der Waals surface area contributed by atoms with Gasteiger partial charge in [0.2, 0.25) is 0 Å². The standard InChI is InChI=1S/C27H29NO3/c1-20-9-5-6-12-23(20)26(28-17-15-22(16-18-28)27(29)30)24-13-7-8-14-25(24)31-19-21-10-3-2-4-11-21/h2-14,22,26H,15-19H2,1H3,(H,29,30). The zero-order valence-electron chi connectivity index (χ0n) is 17.9. The third-order valence-corrected chi connectivity index (χ3v) is 6.18. The Morgan fingerprint density at radius 1 is 0.935 bits per heavy atom. The van der Waals surface area contributed by atoms with Crippen LogP contribution < -0.4 is 4.74 Å². The molecule has 3 aromatic rings. The van der Waals surface area contributed by atoms with Gasteiger partial charge in [0.25, 0.3) is 0 Å². The summed E-state index contributed by atoms with van der Waals surface area (Å²) in [6.07, 6.45) is 1.34. The van der Waals surface area contributed by atoms with E-state index in [1.165, 1.54) is 11.1 Å². The molecule has 31 heavy (non-hydrogen) atoms. The number of nitrogens with zero attached hydrogens (tertiary/aromatic N) is 1. The van der Waals surface area contributed by atoms with Crippen molar-refractivity contribution in [2.24, 2.45) is 5.92 Å². The van der Waals surface area contributed by atoms with Crippen LogP contribution in [0.4, 0.5) is 0 Å². The van der Waals surface area contributed by atoms with Crippen molar-refractivity contribution in [2.45, 2.75) is 32.4 Å². The number of carbonyl (C=O) groups is 1. The summed E-state index contributed by atoms with van der Waals surface area (Å²) in [4.78, 5) is 13.9. The van der Waals surface area contributed by atoms with Gasteiger partial charge in [-0.25, -0.2) is 0 Å². The van der Waals surface area contributed by atoms with Gasteiger partial charge in [-0.3, -0.25) is 9.69 Å². The molecule has 0 aromatic heterocycles. The van der Waals surface area contributed by atoms with E-state index in [0.29, 0.717) is 19.4 Å². The first-order valence-electron chi connectivity index (χ1n) is 10.9. The number of benzene rings is 3. The molecule has 4 heteroatoms. The first kappa shape index (κ1) is 21.1. The quantitative estimate of drug-likeness (QED) is 0.557. The molecule has 1 heterocycles. The van der Waals surface area contributed by atoms with Crippen molar-refractivity contribution in [3.8, 4) is 5.75 Å². The summed E-state index contributed by atoms with van der Waals surface area (Å²) in [6.45, 7) is 4.16. The molecule has 0 spiro atoms. The van der Waals surface area contributed by atoms with Crippen LogP contribution in [0.15, 0.2) is 78.9 Å². The van der Waals surface area contributed by atoms with Gasteiger partial charge in [0, 0.05) is 5.56 Å². The van der Waals surface area contributed by atoms with Gasteiger partial charge in [-0.2, -0.15) is 0 Å². The molecule has 1 aliphatic heterocycles. The van der Waals surface area contributed by atoms with Crippen LogP contribution in [0, 0.1) is 12.8 Å². The monoisotopic (exact) mass is 415 g/mol. The molecular formula is C27H29NO3. The summed E-state index contributed by atoms with van der Waals surface area (Å²) < 4.78 is 6.29. The van der Waals surface area contributed by atoms with Crippen LogP contribution >= 0.6 is 0 Å². The molecule has 0 aliphatic carbocycles. The van der Waals surface area contributed by atoms with Crippen molar-refractivity contribution in [2.75, 3.05) is 13.1 Å². The third kappa shape index (κ3) is 4.97. The van der Waals surface area contributed by atoms with Crippen LogP contribution in [0.25, 0.3) is 0 Å². The molecular weight excluding hydrogens is 386 g/mol. The van der Waals surface area contributed by atoms with Crippen molar-refractivity contribution in [3.05, 3.63) is 101 Å². The van der Waals surface area contributed by atoms with E-state index in [9.17, 15) is 9.90 Å². The summed E-state index contributed by atoms with van der Waals surface area (Å²) in [5.74, 6) is -0.0583. The van der Waals surface area contributed by atoms with Gasteiger partial charge >= 0.3 is 5.97 Å². The van der Waals surface area contributed by atoms with Crippen LogP contribution in [-0.2, 0) is 11.4 Å². The van der Waals surface area contributed by atoms with Crippen molar-refractivity contribution >= 4 is 5.97 Å². The predicted molar refractivity (Wildman–Crippen MR) is 122 cm³/mol. The zero-order valence-corrected chi connectivity index (χ0v) is 17.9. The number of hydrogen-bond donors (Lipinski definition) is 1. The molecule has 1 saturated heterocycles. The lowest BCUT2D eigenvalue weighted by atomic mass is 9.89. The van der Waals surface area contributed by atoms with Crippen LogP contribution in [0.3, 0.4) is 0 Å². The summed E-state index contributed by atoms with van der Waals surface area (Å²) in [7, 11) is 0. The van der Waals surface area contributed by atoms with E-state index in [4.69, 9.17) is 4.74 Å². The Hall–Kier alpha value is -3.11. The minimum atomic E-state index is -0.682. The van der Waals surface area contributed by atoms with Crippen molar-refractivity contribution in [3.63, 3.8) is 0 Å². The third-order valence-electron chi connectivity index (χ3n) is 6.18. The minimum Gasteiger partial charge on any atom is -0.489 e. The second kappa shape index (κ2) is 9.80. The fourth-order valence-corrected chi connectivity index (χ4v) is 4.43. The number of ether oxygens (including phenoxy) is 1. The highest BCUT2D eigenvalue weighted by molar-refractivity contribution is 5.70. The predicted octanol–water partition coefficient (Wildman–Crippen LogP) is 5.46. The van der Waals surface area contributed by atoms with Gasteiger partial charge in [-0.1, -0.05) is 72.8 Å². The molecule has 1 fully saturated rings. The number of piperidine rings is 1. The topological polar surface area (TPSA) is 49.8 Å². The van der Waals surface area contributed by atoms with E-state index >= 15 is 0 Å². The first-order chi connectivity index (χ1) is 15.1. The lowest BCUT2D eigenvalue weighted by Crippen LogP contribution is -2.39. The van der Waals surface area contributed by atoms with Crippen LogP contribution in [0.5, 0.6) is 5.75 Å². The Bertz CT molecular complexity index is 1010. The van der Waals surface area contributed by atoms with Gasteiger partial charge in [-0.05, 0) is 55.6 Å². The van der Waals surface area contributed by atoms with Crippen LogP contribution in [0.1, 0.15) is 41.1 Å². The summed E-state index contributed by atoms with van der Waals surface area (Å²) >= 11 is 0. The number of carboxylic acid groups (broad SMARTS) is 1. The van der Waals surface area contributed by atoms with E-state index in [1.807, 2.05) is 30.3 Å². The Labute approximate surface area is 184 Å². The lowest BCUT2D eigenvalue weighted by molar-refractivity contribution is -0.143. The first-order valence-corrected chi connectivity index (χ1v) is 10.9. The molecule has 0 amide bonds. The fraction of sp³-hybridized carbons (Fsp3) is 0.296. The molecule has 3 aromatic carbocycles. The lowest BCUT2D eigenvalue weighted by Gasteiger charge is -2.38. The van der Waals surface area contributed by atoms with E-state index < -0.39 is 5.97 Å². The molecule has 1 atom stereocenters. The smallest absolute Gasteiger partial charge is 0.306 e. The highest BCUT2D eigenvalue weighted by Gasteiger charge is 2.32. The van der Waals surface area contributed by atoms with Crippen LogP contribution in [0.2, 0.25) is 0 Å².